The van der Waals surface area contributed by atoms with Gasteiger partial charge in [0.25, 0.3) is 0 Å². The van der Waals surface area contributed by atoms with Gasteiger partial charge in [0.05, 0.1) is 40.7 Å². The molecule has 2 saturated carbocycles. The number of carboxylic acids is 1. The number of halogens is 2. The first kappa shape index (κ1) is 36.1. The van der Waals surface area contributed by atoms with Gasteiger partial charge in [0.1, 0.15) is 5.75 Å². The number of hydrogen-bond donors (Lipinski definition) is 1. The molecule has 10 rings (SSSR count). The van der Waals surface area contributed by atoms with E-state index < -0.39 is 22.8 Å². The van der Waals surface area contributed by atoms with Gasteiger partial charge in [-0.2, -0.15) is 0 Å². The molecule has 2 fully saturated rings. The summed E-state index contributed by atoms with van der Waals surface area (Å²) >= 11 is 12.3. The summed E-state index contributed by atoms with van der Waals surface area (Å²) in [5.41, 5.74) is 5.86. The molecule has 2 spiro atoms. The molecule has 8 nitrogen and oxygen atoms in total. The SMILES string of the molecule is O=C(O)c1cccc(CN2C(=O)C3(CC3c3ccc(Cl)cc3)c3ccc(OC(=O)c4cccc(CN5C(=O)C6(CC6c6ccc(Cl)cc6)c6ccccc65)c4)cc32)c1. The van der Waals surface area contributed by atoms with Crippen molar-refractivity contribution in [1.82, 2.24) is 0 Å². The molecule has 2 amide bonds. The molecule has 58 heavy (non-hydrogen) atoms. The van der Waals surface area contributed by atoms with Crippen LogP contribution in [-0.2, 0) is 33.5 Å². The van der Waals surface area contributed by atoms with Crippen molar-refractivity contribution in [3.8, 4) is 5.75 Å². The smallest absolute Gasteiger partial charge is 0.343 e. The molecule has 0 aromatic heterocycles. The van der Waals surface area contributed by atoms with Gasteiger partial charge in [-0.05, 0) is 107 Å². The van der Waals surface area contributed by atoms with E-state index in [1.165, 1.54) is 6.07 Å². The molecule has 4 unspecified atom stereocenters. The second-order valence-electron chi connectivity index (χ2n) is 15.6. The van der Waals surface area contributed by atoms with Gasteiger partial charge in [0.2, 0.25) is 11.8 Å². The van der Waals surface area contributed by atoms with E-state index in [2.05, 4.69) is 0 Å². The number of ether oxygens (including phenoxy) is 1. The van der Waals surface area contributed by atoms with Gasteiger partial charge >= 0.3 is 11.9 Å². The summed E-state index contributed by atoms with van der Waals surface area (Å²) < 4.78 is 5.98. The summed E-state index contributed by atoms with van der Waals surface area (Å²) in [5, 5.41) is 10.9. The average molecular weight is 806 g/mol. The highest BCUT2D eigenvalue weighted by Gasteiger charge is 2.68. The van der Waals surface area contributed by atoms with Gasteiger partial charge in [-0.15, -0.1) is 0 Å². The second-order valence-corrected chi connectivity index (χ2v) is 16.5. The number of nitrogens with zero attached hydrogens (tertiary/aromatic N) is 2. The largest absolute Gasteiger partial charge is 0.478 e. The lowest BCUT2D eigenvalue weighted by atomic mass is 9.92. The van der Waals surface area contributed by atoms with Gasteiger partial charge < -0.3 is 19.6 Å². The molecule has 0 bridgehead atoms. The van der Waals surface area contributed by atoms with Crippen LogP contribution >= 0.6 is 23.2 Å². The summed E-state index contributed by atoms with van der Waals surface area (Å²) in [5.74, 6) is -1.45. The van der Waals surface area contributed by atoms with E-state index in [-0.39, 0.29) is 48.1 Å². The van der Waals surface area contributed by atoms with Crippen LogP contribution in [0.25, 0.3) is 0 Å². The predicted octanol–water partition coefficient (Wildman–Crippen LogP) is 9.85. The van der Waals surface area contributed by atoms with Crippen LogP contribution in [0.4, 0.5) is 11.4 Å². The number of carboxylic acid groups (broad SMARTS) is 1. The molecule has 10 heteroatoms. The minimum Gasteiger partial charge on any atom is -0.478 e. The molecule has 6 aromatic rings. The normalized spacial score (nSPS) is 22.3. The molecule has 2 aliphatic heterocycles. The Morgan fingerprint density at radius 1 is 0.603 bits per heavy atom. The quantitative estimate of drug-likeness (QED) is 0.115. The lowest BCUT2D eigenvalue weighted by Crippen LogP contribution is -2.32. The van der Waals surface area contributed by atoms with Gasteiger partial charge in [-0.25, -0.2) is 9.59 Å². The van der Waals surface area contributed by atoms with E-state index in [4.69, 9.17) is 27.9 Å². The van der Waals surface area contributed by atoms with Crippen LogP contribution < -0.4 is 14.5 Å². The van der Waals surface area contributed by atoms with Crippen LogP contribution in [-0.4, -0.2) is 28.9 Å². The van der Waals surface area contributed by atoms with Gasteiger partial charge in [0, 0.05) is 33.6 Å². The van der Waals surface area contributed by atoms with Crippen molar-refractivity contribution in [3.05, 3.63) is 194 Å². The number of rotatable bonds is 9. The van der Waals surface area contributed by atoms with E-state index >= 15 is 0 Å². The van der Waals surface area contributed by atoms with Crippen molar-refractivity contribution in [3.63, 3.8) is 0 Å². The van der Waals surface area contributed by atoms with E-state index in [0.29, 0.717) is 33.3 Å². The highest BCUT2D eigenvalue weighted by atomic mass is 35.5. The minimum atomic E-state index is -1.05. The molecule has 4 atom stereocenters. The Hall–Kier alpha value is -6.22. The van der Waals surface area contributed by atoms with Crippen molar-refractivity contribution in [2.45, 2.75) is 48.6 Å². The molecule has 1 N–H and O–H groups in total. The third kappa shape index (κ3) is 5.73. The summed E-state index contributed by atoms with van der Waals surface area (Å²) in [6.45, 7) is 0.420. The number of fused-ring (bicyclic) bond motifs is 4. The Morgan fingerprint density at radius 3 is 1.71 bits per heavy atom. The van der Waals surface area contributed by atoms with E-state index in [0.717, 1.165) is 39.9 Å². The Kier molecular flexibility index (Phi) is 8.37. The van der Waals surface area contributed by atoms with Crippen molar-refractivity contribution < 1.29 is 29.0 Å². The molecule has 2 aliphatic carbocycles. The number of benzene rings is 6. The number of carbonyl (C=O) groups is 4. The fourth-order valence-electron chi connectivity index (χ4n) is 9.43. The molecule has 6 aromatic carbocycles. The first-order valence-electron chi connectivity index (χ1n) is 19.1. The summed E-state index contributed by atoms with van der Waals surface area (Å²) in [6, 6.07) is 42.1. The highest BCUT2D eigenvalue weighted by Crippen LogP contribution is 2.68. The first-order chi connectivity index (χ1) is 28.1. The third-order valence-corrected chi connectivity index (χ3v) is 12.9. The van der Waals surface area contributed by atoms with Crippen LogP contribution in [0.3, 0.4) is 0 Å². The fraction of sp³-hybridized carbons (Fsp3) is 0.167. The topological polar surface area (TPSA) is 104 Å². The second kappa shape index (κ2) is 13.4. The van der Waals surface area contributed by atoms with Gasteiger partial charge in [0.15, 0.2) is 0 Å². The van der Waals surface area contributed by atoms with E-state index in [1.54, 1.807) is 53.4 Å². The molecule has 0 saturated heterocycles. The number of aromatic carboxylic acids is 1. The van der Waals surface area contributed by atoms with Crippen molar-refractivity contribution in [2.24, 2.45) is 0 Å². The number of carbonyl (C=O) groups excluding carboxylic acids is 3. The number of para-hydroxylation sites is 1. The highest BCUT2D eigenvalue weighted by molar-refractivity contribution is 6.30. The van der Waals surface area contributed by atoms with E-state index in [1.807, 2.05) is 89.8 Å². The lowest BCUT2D eigenvalue weighted by molar-refractivity contribution is -0.121. The molecule has 0 radical (unpaired) electrons. The minimum absolute atomic E-state index is 0.0419. The third-order valence-electron chi connectivity index (χ3n) is 12.4. The lowest BCUT2D eigenvalue weighted by Gasteiger charge is -2.19. The summed E-state index contributed by atoms with van der Waals surface area (Å²) in [6.07, 6.45) is 1.32. The Bertz CT molecular complexity index is 2720. The zero-order valence-electron chi connectivity index (χ0n) is 30.9. The Labute approximate surface area is 344 Å². The monoisotopic (exact) mass is 804 g/mol. The van der Waals surface area contributed by atoms with Crippen LogP contribution in [0.2, 0.25) is 10.0 Å². The maximum atomic E-state index is 14.4. The van der Waals surface area contributed by atoms with Gasteiger partial charge in [-0.1, -0.05) is 96.0 Å². The first-order valence-corrected chi connectivity index (χ1v) is 19.8. The molecule has 2 heterocycles. The van der Waals surface area contributed by atoms with Crippen molar-refractivity contribution in [2.75, 3.05) is 9.80 Å². The zero-order valence-corrected chi connectivity index (χ0v) is 32.4. The van der Waals surface area contributed by atoms with E-state index in [9.17, 15) is 24.3 Å². The summed E-state index contributed by atoms with van der Waals surface area (Å²) in [4.78, 5) is 57.8. The van der Waals surface area contributed by atoms with Crippen LogP contribution in [0.15, 0.2) is 140 Å². The summed E-state index contributed by atoms with van der Waals surface area (Å²) in [7, 11) is 0. The Balaban J connectivity index is 0.914. The maximum absolute atomic E-state index is 14.4. The number of hydrogen-bond acceptors (Lipinski definition) is 5. The van der Waals surface area contributed by atoms with Gasteiger partial charge in [-0.3, -0.25) is 9.59 Å². The molecular formula is C48H34Cl2N2O6. The van der Waals surface area contributed by atoms with Crippen LogP contribution in [0, 0.1) is 0 Å². The molecule has 4 aliphatic rings. The predicted molar refractivity (Wildman–Crippen MR) is 221 cm³/mol. The van der Waals surface area contributed by atoms with Crippen molar-refractivity contribution >= 4 is 58.3 Å². The van der Waals surface area contributed by atoms with Crippen molar-refractivity contribution in [1.29, 1.82) is 0 Å². The molecule has 286 valence electrons. The molecular weight excluding hydrogens is 771 g/mol. The average Bonchev–Trinajstić information content (AvgIpc) is 4.14. The van der Waals surface area contributed by atoms with Crippen LogP contribution in [0.5, 0.6) is 5.75 Å². The van der Waals surface area contributed by atoms with Crippen LogP contribution in [0.1, 0.15) is 78.8 Å². The number of amides is 2. The standard InChI is InChI=1S/C48H34Cl2N2O6/c49-34-15-11-30(12-16-34)39-24-47(39)37-9-1-2-10-41(37)51(45(47)56)26-29-6-4-8-33(22-29)44(55)58-36-19-20-38-42(23-36)52(27-28-5-3-7-32(21-28)43(53)54)46(57)48(38)25-40(48)31-13-17-35(50)18-14-31/h1-23,39-40H,24-27H2,(H,53,54). The number of anilines is 2. The maximum Gasteiger partial charge on any atom is 0.343 e. The zero-order chi connectivity index (χ0) is 39.9. The Morgan fingerprint density at radius 2 is 1.12 bits per heavy atom. The number of esters is 1. The fourth-order valence-corrected chi connectivity index (χ4v) is 9.68.